The van der Waals surface area contributed by atoms with Crippen molar-refractivity contribution in [2.75, 3.05) is 31.3 Å². The van der Waals surface area contributed by atoms with E-state index in [0.717, 1.165) is 31.3 Å². The Bertz CT molecular complexity index is 1500. The molecule has 0 atom stereocenters. The summed E-state index contributed by atoms with van der Waals surface area (Å²) < 4.78 is 47.0. The molecule has 4 aromatic rings. The number of H-pyrrole nitrogens is 1. The topological polar surface area (TPSA) is 95.2 Å². The molecule has 12 heteroatoms. The van der Waals surface area contributed by atoms with Crippen LogP contribution in [0.5, 0.6) is 0 Å². The number of nitrogens with one attached hydrogen (secondary N) is 3. The quantitative estimate of drug-likeness (QED) is 0.264. The first-order valence-electron chi connectivity index (χ1n) is 11.3. The summed E-state index contributed by atoms with van der Waals surface area (Å²) in [7, 11) is 3.28. The molecule has 0 unspecified atom stereocenters. The number of likely N-dealkylation sites (N-methyl/N-ethyl adjacent to an activating group) is 1. The number of rotatable bonds is 4. The fourth-order valence-electron chi connectivity index (χ4n) is 4.38. The van der Waals surface area contributed by atoms with Crippen LogP contribution < -0.4 is 10.6 Å². The highest BCUT2D eigenvalue weighted by Gasteiger charge is 2.36. The zero-order valence-corrected chi connectivity index (χ0v) is 21.4. The minimum Gasteiger partial charge on any atom is -0.453 e. The van der Waals surface area contributed by atoms with Crippen LogP contribution in [0.25, 0.3) is 22.2 Å². The van der Waals surface area contributed by atoms with E-state index in [1.165, 1.54) is 18.9 Å². The first-order chi connectivity index (χ1) is 17.6. The van der Waals surface area contributed by atoms with Crippen LogP contribution in [-0.2, 0) is 23.9 Å². The Kier molecular flexibility index (Phi) is 6.54. The van der Waals surface area contributed by atoms with E-state index >= 15 is 0 Å². The van der Waals surface area contributed by atoms with Crippen molar-refractivity contribution in [2.24, 2.45) is 0 Å². The first-order valence-corrected chi connectivity index (χ1v) is 12.1. The number of ether oxygens (including phenoxy) is 1. The Hall–Kier alpha value is -3.64. The SMILES string of the molecule is COC(=O)Nc1ccc2c(-c3nc(Nc4ccc5c(c4)CN(C)CC5)ncc3C(F)(F)F)c[nH]c2c1Br. The van der Waals surface area contributed by atoms with Crippen LogP contribution in [0.1, 0.15) is 16.7 Å². The van der Waals surface area contributed by atoms with Crippen LogP contribution in [-0.4, -0.2) is 46.6 Å². The van der Waals surface area contributed by atoms with Gasteiger partial charge in [-0.15, -0.1) is 0 Å². The van der Waals surface area contributed by atoms with E-state index in [1.807, 2.05) is 25.2 Å². The number of fused-ring (bicyclic) bond motifs is 2. The maximum absolute atomic E-state index is 14.0. The molecule has 0 spiro atoms. The second-order valence-electron chi connectivity index (χ2n) is 8.72. The predicted molar refractivity (Wildman–Crippen MR) is 138 cm³/mol. The maximum atomic E-state index is 14.0. The van der Waals surface area contributed by atoms with E-state index in [2.05, 4.69) is 51.2 Å². The molecule has 1 aliphatic rings. The van der Waals surface area contributed by atoms with Gasteiger partial charge in [0.25, 0.3) is 0 Å². The number of anilines is 3. The molecular weight excluding hydrogens is 553 g/mol. The molecule has 3 N–H and O–H groups in total. The van der Waals surface area contributed by atoms with E-state index in [4.69, 9.17) is 0 Å². The van der Waals surface area contributed by atoms with Gasteiger partial charge in [0, 0.05) is 42.1 Å². The summed E-state index contributed by atoms with van der Waals surface area (Å²) in [5.41, 5.74) is 3.00. The lowest BCUT2D eigenvalue weighted by Gasteiger charge is -2.25. The number of amides is 1. The number of methoxy groups -OCH3 is 1. The summed E-state index contributed by atoms with van der Waals surface area (Å²) in [4.78, 5) is 25.1. The van der Waals surface area contributed by atoms with Crippen LogP contribution in [0.3, 0.4) is 0 Å². The molecule has 0 saturated carbocycles. The van der Waals surface area contributed by atoms with Gasteiger partial charge < -0.3 is 19.9 Å². The number of hydrogen-bond acceptors (Lipinski definition) is 6. The van der Waals surface area contributed by atoms with Gasteiger partial charge in [-0.05, 0) is 58.7 Å². The summed E-state index contributed by atoms with van der Waals surface area (Å²) in [6, 6.07) is 9.05. The highest BCUT2D eigenvalue weighted by Crippen LogP contribution is 2.41. The highest BCUT2D eigenvalue weighted by molar-refractivity contribution is 9.10. The number of benzene rings is 2. The van der Waals surface area contributed by atoms with Crippen molar-refractivity contribution < 1.29 is 22.7 Å². The van der Waals surface area contributed by atoms with Crippen molar-refractivity contribution in [3.63, 3.8) is 0 Å². The minimum absolute atomic E-state index is 0.0458. The fourth-order valence-corrected chi connectivity index (χ4v) is 4.94. The van der Waals surface area contributed by atoms with Crippen LogP contribution in [0.2, 0.25) is 0 Å². The molecule has 3 heterocycles. The van der Waals surface area contributed by atoms with Crippen molar-refractivity contribution in [3.05, 3.63) is 63.9 Å². The first kappa shape index (κ1) is 25.0. The normalized spacial score (nSPS) is 13.9. The third kappa shape index (κ3) is 4.98. The molecule has 5 rings (SSSR count). The number of alkyl halides is 3. The number of carbonyl (C=O) groups is 1. The van der Waals surface area contributed by atoms with Crippen molar-refractivity contribution in [2.45, 2.75) is 19.1 Å². The molecule has 0 fully saturated rings. The van der Waals surface area contributed by atoms with E-state index in [0.29, 0.717) is 26.8 Å². The molecular formula is C25H22BrF3N6O2. The van der Waals surface area contributed by atoms with Gasteiger partial charge in [-0.25, -0.2) is 14.8 Å². The average molecular weight is 575 g/mol. The van der Waals surface area contributed by atoms with Crippen molar-refractivity contribution in [1.29, 1.82) is 0 Å². The lowest BCUT2D eigenvalue weighted by Crippen LogP contribution is -2.26. The Labute approximate surface area is 218 Å². The van der Waals surface area contributed by atoms with E-state index in [9.17, 15) is 18.0 Å². The lowest BCUT2D eigenvalue weighted by atomic mass is 9.99. The Balaban J connectivity index is 1.55. The standard InChI is InChI=1S/C25H22BrF3N6O2/c1-35-8-7-13-3-4-15(9-14(13)12-35)32-23-31-11-18(25(27,28)29)21(34-23)17-10-30-22-16(17)5-6-19(20(22)26)33-24(36)37-2/h3-6,9-11,30H,7-8,12H2,1-2H3,(H,33,36)(H,31,32,34). The van der Waals surface area contributed by atoms with Gasteiger partial charge in [-0.1, -0.05) is 12.1 Å². The molecule has 0 bridgehead atoms. The van der Waals surface area contributed by atoms with Gasteiger partial charge in [0.05, 0.1) is 28.5 Å². The van der Waals surface area contributed by atoms with Gasteiger partial charge in [-0.2, -0.15) is 13.2 Å². The third-order valence-corrected chi connectivity index (χ3v) is 7.05. The molecule has 37 heavy (non-hydrogen) atoms. The maximum Gasteiger partial charge on any atom is 0.419 e. The number of aromatic amines is 1. The highest BCUT2D eigenvalue weighted by atomic mass is 79.9. The summed E-state index contributed by atoms with van der Waals surface area (Å²) in [5, 5.41) is 6.09. The third-order valence-electron chi connectivity index (χ3n) is 6.23. The smallest absolute Gasteiger partial charge is 0.419 e. The zero-order chi connectivity index (χ0) is 26.3. The van der Waals surface area contributed by atoms with Gasteiger partial charge >= 0.3 is 12.3 Å². The summed E-state index contributed by atoms with van der Waals surface area (Å²) >= 11 is 3.40. The van der Waals surface area contributed by atoms with Crippen LogP contribution in [0.15, 0.2) is 47.2 Å². The Morgan fingerprint density at radius 2 is 2.03 bits per heavy atom. The molecule has 8 nitrogen and oxygen atoms in total. The Morgan fingerprint density at radius 3 is 2.78 bits per heavy atom. The Morgan fingerprint density at radius 1 is 1.22 bits per heavy atom. The average Bonchev–Trinajstić information content (AvgIpc) is 3.29. The number of halogens is 4. The van der Waals surface area contributed by atoms with Crippen LogP contribution in [0, 0.1) is 0 Å². The fraction of sp³-hybridized carbons (Fsp3) is 0.240. The molecule has 1 amide bonds. The number of hydrogen-bond donors (Lipinski definition) is 3. The summed E-state index contributed by atoms with van der Waals surface area (Å²) in [6.45, 7) is 1.77. The van der Waals surface area contributed by atoms with Gasteiger partial charge in [0.1, 0.15) is 5.56 Å². The molecule has 0 radical (unpaired) electrons. The van der Waals surface area contributed by atoms with E-state index < -0.39 is 17.8 Å². The van der Waals surface area contributed by atoms with Crippen molar-refractivity contribution in [1.82, 2.24) is 19.9 Å². The number of aromatic nitrogens is 3. The lowest BCUT2D eigenvalue weighted by molar-refractivity contribution is -0.137. The minimum atomic E-state index is -4.67. The monoisotopic (exact) mass is 574 g/mol. The molecule has 1 aliphatic heterocycles. The zero-order valence-electron chi connectivity index (χ0n) is 19.8. The number of carbonyl (C=O) groups excluding carboxylic acids is 1. The molecule has 192 valence electrons. The molecule has 2 aromatic carbocycles. The van der Waals surface area contributed by atoms with Crippen LogP contribution in [0.4, 0.5) is 35.3 Å². The molecule has 0 saturated heterocycles. The van der Waals surface area contributed by atoms with Gasteiger partial charge in [0.2, 0.25) is 5.95 Å². The van der Waals surface area contributed by atoms with E-state index in [-0.39, 0.29) is 17.2 Å². The van der Waals surface area contributed by atoms with Gasteiger partial charge in [-0.3, -0.25) is 5.32 Å². The van der Waals surface area contributed by atoms with E-state index in [1.54, 1.807) is 12.1 Å². The summed E-state index contributed by atoms with van der Waals surface area (Å²) in [5.74, 6) is 0.0458. The van der Waals surface area contributed by atoms with Crippen molar-refractivity contribution in [3.8, 4) is 11.3 Å². The second kappa shape index (κ2) is 9.67. The predicted octanol–water partition coefficient (Wildman–Crippen LogP) is 6.32. The van der Waals surface area contributed by atoms with Gasteiger partial charge in [0.15, 0.2) is 0 Å². The molecule has 2 aromatic heterocycles. The van der Waals surface area contributed by atoms with Crippen molar-refractivity contribution >= 4 is 50.2 Å². The second-order valence-corrected chi connectivity index (χ2v) is 9.51. The summed E-state index contributed by atoms with van der Waals surface area (Å²) in [6.07, 6.45) is -2.16. The largest absolute Gasteiger partial charge is 0.453 e. The van der Waals surface area contributed by atoms with Crippen LogP contribution >= 0.6 is 15.9 Å². The number of nitrogens with zero attached hydrogens (tertiary/aromatic N) is 3. The molecule has 0 aliphatic carbocycles.